The number of rotatable bonds is 7. The highest BCUT2D eigenvalue weighted by Crippen LogP contribution is 2.33. The lowest BCUT2D eigenvalue weighted by Crippen LogP contribution is -2.31. The molecule has 2 heterocycles. The average molecular weight is 439 g/mol. The van der Waals surface area contributed by atoms with E-state index in [1.54, 1.807) is 21.3 Å². The Morgan fingerprint density at radius 1 is 1.06 bits per heavy atom. The maximum atomic E-state index is 5.76. The zero-order valence-electron chi connectivity index (χ0n) is 18.8. The molecule has 0 unspecified atom stereocenters. The topological polar surface area (TPSA) is 89.1 Å². The fraction of sp³-hybridized carbons (Fsp3) is 0.375. The number of methoxy groups -OCH3 is 2. The van der Waals surface area contributed by atoms with Crippen LogP contribution in [0.1, 0.15) is 18.5 Å². The van der Waals surface area contributed by atoms with Gasteiger partial charge in [-0.15, -0.1) is 0 Å². The molecule has 0 fully saturated rings. The number of aromatic amines is 1. The van der Waals surface area contributed by atoms with E-state index in [0.29, 0.717) is 19.2 Å². The molecule has 1 aliphatic heterocycles. The Hall–Kier alpha value is -3.55. The molecule has 0 aliphatic carbocycles. The molecule has 32 heavy (non-hydrogen) atoms. The summed E-state index contributed by atoms with van der Waals surface area (Å²) in [7, 11) is 5.09. The number of anilines is 1. The zero-order chi connectivity index (χ0) is 22.3. The molecule has 0 saturated carbocycles. The summed E-state index contributed by atoms with van der Waals surface area (Å²) in [5.74, 6) is 3.83. The van der Waals surface area contributed by atoms with Gasteiger partial charge in [0.05, 0.1) is 33.0 Å². The first-order valence-corrected chi connectivity index (χ1v) is 10.8. The Kier molecular flexibility index (Phi) is 6.89. The van der Waals surface area contributed by atoms with E-state index in [0.717, 1.165) is 71.1 Å². The van der Waals surface area contributed by atoms with E-state index in [2.05, 4.69) is 26.7 Å². The summed E-state index contributed by atoms with van der Waals surface area (Å²) in [5, 5.41) is 7.73. The molecule has 3 N–H and O–H groups in total. The Balaban J connectivity index is 1.31. The molecule has 4 rings (SSSR count). The van der Waals surface area contributed by atoms with Gasteiger partial charge in [0.1, 0.15) is 11.5 Å². The fourth-order valence-corrected chi connectivity index (χ4v) is 3.70. The van der Waals surface area contributed by atoms with Crippen molar-refractivity contribution in [3.8, 4) is 23.0 Å². The number of ether oxygens (including phenoxy) is 4. The minimum atomic E-state index is 0.663. The molecule has 3 aromatic rings. The van der Waals surface area contributed by atoms with E-state index in [1.807, 2.05) is 30.3 Å². The summed E-state index contributed by atoms with van der Waals surface area (Å²) in [4.78, 5) is 7.78. The highest BCUT2D eigenvalue weighted by molar-refractivity contribution is 5.93. The molecule has 8 heteroatoms. The van der Waals surface area contributed by atoms with Crippen molar-refractivity contribution in [2.75, 3.05) is 46.3 Å². The van der Waals surface area contributed by atoms with Gasteiger partial charge in [0.2, 0.25) is 0 Å². The van der Waals surface area contributed by atoms with Crippen molar-refractivity contribution in [2.24, 2.45) is 4.99 Å². The largest absolute Gasteiger partial charge is 0.497 e. The lowest BCUT2D eigenvalue weighted by Gasteiger charge is -2.14. The van der Waals surface area contributed by atoms with Gasteiger partial charge in [-0.2, -0.15) is 0 Å². The van der Waals surface area contributed by atoms with E-state index in [1.165, 1.54) is 0 Å². The second kappa shape index (κ2) is 10.2. The van der Waals surface area contributed by atoms with Crippen LogP contribution in [0.15, 0.2) is 41.4 Å². The first-order chi connectivity index (χ1) is 15.7. The van der Waals surface area contributed by atoms with E-state index in [9.17, 15) is 0 Å². The van der Waals surface area contributed by atoms with Crippen molar-refractivity contribution in [1.82, 2.24) is 10.3 Å². The second-order valence-electron chi connectivity index (χ2n) is 7.53. The highest BCUT2D eigenvalue weighted by atomic mass is 16.5. The monoisotopic (exact) mass is 438 g/mol. The molecule has 1 aliphatic rings. The normalized spacial score (nSPS) is 13.5. The van der Waals surface area contributed by atoms with Gasteiger partial charge in [-0.1, -0.05) is 0 Å². The molecule has 8 nitrogen and oxygen atoms in total. The van der Waals surface area contributed by atoms with Crippen LogP contribution in [-0.4, -0.2) is 52.0 Å². The van der Waals surface area contributed by atoms with Gasteiger partial charge in [0, 0.05) is 55.0 Å². The van der Waals surface area contributed by atoms with Crippen LogP contribution in [0.4, 0.5) is 5.69 Å². The molecule has 0 radical (unpaired) electrons. The van der Waals surface area contributed by atoms with E-state index >= 15 is 0 Å². The third-order valence-corrected chi connectivity index (χ3v) is 5.33. The lowest BCUT2D eigenvalue weighted by molar-refractivity contribution is 0.297. The molecule has 0 amide bonds. The van der Waals surface area contributed by atoms with Crippen molar-refractivity contribution >= 4 is 22.5 Å². The van der Waals surface area contributed by atoms with Crippen LogP contribution in [0.3, 0.4) is 0 Å². The van der Waals surface area contributed by atoms with Crippen LogP contribution in [-0.2, 0) is 6.42 Å². The number of aryl methyl sites for hydroxylation is 1. The van der Waals surface area contributed by atoms with Gasteiger partial charge in [0.15, 0.2) is 17.5 Å². The predicted octanol–water partition coefficient (Wildman–Crippen LogP) is 3.97. The smallest absolute Gasteiger partial charge is 0.195 e. The maximum Gasteiger partial charge on any atom is 0.195 e. The number of guanidine groups is 1. The number of nitrogens with zero attached hydrogens (tertiary/aromatic N) is 1. The summed E-state index contributed by atoms with van der Waals surface area (Å²) >= 11 is 0. The third-order valence-electron chi connectivity index (χ3n) is 5.33. The van der Waals surface area contributed by atoms with Crippen LogP contribution in [0.2, 0.25) is 0 Å². The van der Waals surface area contributed by atoms with Crippen LogP contribution in [0.25, 0.3) is 10.9 Å². The van der Waals surface area contributed by atoms with Crippen LogP contribution in [0.5, 0.6) is 23.0 Å². The molecule has 0 bridgehead atoms. The van der Waals surface area contributed by atoms with Crippen molar-refractivity contribution in [1.29, 1.82) is 0 Å². The summed E-state index contributed by atoms with van der Waals surface area (Å²) < 4.78 is 22.3. The molecule has 0 spiro atoms. The standard InChI is InChI=1S/C24H30N4O4/c1-25-24(28-17-7-8-21-23(13-17)32-11-5-10-31-21)26-9-4-6-16-12-19-20(27-16)14-18(29-2)15-22(19)30-3/h7-8,12-15,27H,4-6,9-11H2,1-3H3,(H2,25,26,28). The Labute approximate surface area is 187 Å². The number of H-pyrrole nitrogens is 1. The maximum absolute atomic E-state index is 5.76. The van der Waals surface area contributed by atoms with Crippen LogP contribution in [0, 0.1) is 0 Å². The predicted molar refractivity (Wildman–Crippen MR) is 127 cm³/mol. The number of fused-ring (bicyclic) bond motifs is 2. The minimum absolute atomic E-state index is 0.663. The molecular weight excluding hydrogens is 408 g/mol. The average Bonchev–Trinajstić information content (AvgIpc) is 3.09. The summed E-state index contributed by atoms with van der Waals surface area (Å²) in [6.07, 6.45) is 2.72. The SMILES string of the molecule is CN=C(NCCCc1cc2c(OC)cc(OC)cc2[nH]1)Nc1ccc2c(c1)OCCCO2. The van der Waals surface area contributed by atoms with Gasteiger partial charge >= 0.3 is 0 Å². The Morgan fingerprint density at radius 3 is 2.69 bits per heavy atom. The lowest BCUT2D eigenvalue weighted by atomic mass is 10.2. The Bertz CT molecular complexity index is 1090. The number of hydrogen-bond acceptors (Lipinski definition) is 5. The molecule has 1 aromatic heterocycles. The fourth-order valence-electron chi connectivity index (χ4n) is 3.70. The first kappa shape index (κ1) is 21.7. The van der Waals surface area contributed by atoms with Crippen molar-refractivity contribution in [2.45, 2.75) is 19.3 Å². The van der Waals surface area contributed by atoms with Crippen LogP contribution < -0.4 is 29.6 Å². The van der Waals surface area contributed by atoms with Gasteiger partial charge < -0.3 is 34.6 Å². The summed E-state index contributed by atoms with van der Waals surface area (Å²) in [5.41, 5.74) is 3.06. The number of aromatic nitrogens is 1. The van der Waals surface area contributed by atoms with Gasteiger partial charge in [-0.25, -0.2) is 0 Å². The zero-order valence-corrected chi connectivity index (χ0v) is 18.8. The molecule has 170 valence electrons. The number of nitrogens with one attached hydrogen (secondary N) is 3. The van der Waals surface area contributed by atoms with Crippen LogP contribution >= 0.6 is 0 Å². The molecule has 2 aromatic carbocycles. The molecular formula is C24H30N4O4. The Morgan fingerprint density at radius 2 is 1.91 bits per heavy atom. The quantitative estimate of drug-likeness (QED) is 0.294. The third kappa shape index (κ3) is 5.01. The van der Waals surface area contributed by atoms with Crippen molar-refractivity contribution < 1.29 is 18.9 Å². The second-order valence-corrected chi connectivity index (χ2v) is 7.53. The van der Waals surface area contributed by atoms with E-state index < -0.39 is 0 Å². The molecule has 0 atom stereocenters. The summed E-state index contributed by atoms with van der Waals surface area (Å²) in [6.45, 7) is 2.12. The number of aliphatic imine (C=N–C) groups is 1. The molecule has 0 saturated heterocycles. The van der Waals surface area contributed by atoms with Gasteiger partial charge in [-0.3, -0.25) is 4.99 Å². The summed E-state index contributed by atoms with van der Waals surface area (Å²) in [6, 6.07) is 11.9. The van der Waals surface area contributed by atoms with Crippen molar-refractivity contribution in [3.05, 3.63) is 42.1 Å². The van der Waals surface area contributed by atoms with E-state index in [4.69, 9.17) is 18.9 Å². The first-order valence-electron chi connectivity index (χ1n) is 10.8. The van der Waals surface area contributed by atoms with E-state index in [-0.39, 0.29) is 0 Å². The number of benzene rings is 2. The number of hydrogen-bond donors (Lipinski definition) is 3. The van der Waals surface area contributed by atoms with Gasteiger partial charge in [0.25, 0.3) is 0 Å². The van der Waals surface area contributed by atoms with Gasteiger partial charge in [-0.05, 0) is 31.0 Å². The minimum Gasteiger partial charge on any atom is -0.497 e. The van der Waals surface area contributed by atoms with Crippen molar-refractivity contribution in [3.63, 3.8) is 0 Å². The highest BCUT2D eigenvalue weighted by Gasteiger charge is 2.12.